The minimum Gasteiger partial charge on any atom is -0.489 e. The molecule has 0 fully saturated rings. The minimum atomic E-state index is -0.391. The molecule has 1 atom stereocenters. The van der Waals surface area contributed by atoms with Crippen LogP contribution in [-0.4, -0.2) is 31.5 Å². The fourth-order valence-corrected chi connectivity index (χ4v) is 3.89. The molecule has 0 spiro atoms. The predicted molar refractivity (Wildman–Crippen MR) is 125 cm³/mol. The van der Waals surface area contributed by atoms with Gasteiger partial charge in [-0.05, 0) is 37.0 Å². The van der Waals surface area contributed by atoms with Gasteiger partial charge in [-0.3, -0.25) is 4.79 Å². The van der Waals surface area contributed by atoms with Crippen LogP contribution in [0.25, 0.3) is 0 Å². The van der Waals surface area contributed by atoms with Crippen LogP contribution in [0.15, 0.2) is 48.5 Å². The van der Waals surface area contributed by atoms with Crippen molar-refractivity contribution in [1.29, 1.82) is 0 Å². The second-order valence-corrected chi connectivity index (χ2v) is 8.15. The highest BCUT2D eigenvalue weighted by Gasteiger charge is 2.21. The molecule has 0 saturated heterocycles. The van der Waals surface area contributed by atoms with Gasteiger partial charge in [0.15, 0.2) is 0 Å². The van der Waals surface area contributed by atoms with Gasteiger partial charge < -0.3 is 14.2 Å². The molecule has 2 aromatic rings. The maximum atomic E-state index is 12.4. The number of alkyl halides is 1. The highest BCUT2D eigenvalue weighted by atomic mass is 79.9. The molecule has 168 valence electrons. The van der Waals surface area contributed by atoms with E-state index in [-0.39, 0.29) is 18.5 Å². The lowest BCUT2D eigenvalue weighted by Gasteiger charge is -2.18. The van der Waals surface area contributed by atoms with E-state index in [1.54, 1.807) is 12.1 Å². The monoisotopic (exact) mass is 490 g/mol. The Morgan fingerprint density at radius 3 is 2.26 bits per heavy atom. The molecule has 0 aliphatic carbocycles. The number of carbonyl (C=O) groups excluding carboxylic acids is 2. The van der Waals surface area contributed by atoms with Crippen molar-refractivity contribution in [2.45, 2.75) is 45.1 Å². The summed E-state index contributed by atoms with van der Waals surface area (Å²) in [5.41, 5.74) is 2.19. The van der Waals surface area contributed by atoms with Gasteiger partial charge in [-0.1, -0.05) is 71.6 Å². The second kappa shape index (κ2) is 13.9. The van der Waals surface area contributed by atoms with E-state index in [0.717, 1.165) is 48.6 Å². The van der Waals surface area contributed by atoms with Crippen LogP contribution in [0.2, 0.25) is 0 Å². The summed E-state index contributed by atoms with van der Waals surface area (Å²) in [5, 5.41) is 1.01. The van der Waals surface area contributed by atoms with Crippen molar-refractivity contribution in [1.82, 2.24) is 0 Å². The number of hydrogen-bond acceptors (Lipinski definition) is 5. The predicted octanol–water partition coefficient (Wildman–Crippen LogP) is 5.73. The quantitative estimate of drug-likeness (QED) is 0.204. The van der Waals surface area contributed by atoms with Gasteiger partial charge in [0.25, 0.3) is 0 Å². The molecule has 2 rings (SSSR count). The smallest absolute Gasteiger partial charge is 0.338 e. The first kappa shape index (κ1) is 24.9. The Hall–Kier alpha value is -2.34. The minimum absolute atomic E-state index is 0.189. The summed E-state index contributed by atoms with van der Waals surface area (Å²) in [6, 6.07) is 14.9. The summed E-state index contributed by atoms with van der Waals surface area (Å²) in [4.78, 5) is 24.4. The van der Waals surface area contributed by atoms with Crippen LogP contribution in [0.5, 0.6) is 5.75 Å². The van der Waals surface area contributed by atoms with E-state index < -0.39 is 5.97 Å². The largest absolute Gasteiger partial charge is 0.489 e. The number of carbonyl (C=O) groups is 2. The average Bonchev–Trinajstić information content (AvgIpc) is 2.81. The molecule has 0 heterocycles. The lowest BCUT2D eigenvalue weighted by Crippen LogP contribution is -2.19. The molecule has 5 nitrogen and oxygen atoms in total. The lowest BCUT2D eigenvalue weighted by atomic mass is 9.93. The van der Waals surface area contributed by atoms with Gasteiger partial charge in [0.05, 0.1) is 25.7 Å². The third-order valence-corrected chi connectivity index (χ3v) is 5.78. The molecule has 0 aliphatic rings. The average molecular weight is 491 g/mol. The van der Waals surface area contributed by atoms with Gasteiger partial charge in [-0.15, -0.1) is 0 Å². The van der Waals surface area contributed by atoms with Gasteiger partial charge in [-0.2, -0.15) is 0 Å². The number of benzene rings is 2. The van der Waals surface area contributed by atoms with Crippen LogP contribution >= 0.6 is 15.9 Å². The molecule has 0 radical (unpaired) electrons. The second-order valence-electron chi connectivity index (χ2n) is 7.36. The molecule has 31 heavy (non-hydrogen) atoms. The molecule has 0 aromatic heterocycles. The molecule has 6 heteroatoms. The lowest BCUT2D eigenvalue weighted by molar-refractivity contribution is -0.145. The fourth-order valence-electron chi connectivity index (χ4n) is 3.50. The van der Waals surface area contributed by atoms with Gasteiger partial charge in [0.1, 0.15) is 12.4 Å². The van der Waals surface area contributed by atoms with E-state index in [1.165, 1.54) is 14.2 Å². The van der Waals surface area contributed by atoms with Crippen LogP contribution in [0.3, 0.4) is 0 Å². The summed E-state index contributed by atoms with van der Waals surface area (Å²) >= 11 is 3.45. The third kappa shape index (κ3) is 8.02. The zero-order valence-corrected chi connectivity index (χ0v) is 19.9. The first-order valence-corrected chi connectivity index (χ1v) is 11.7. The Bertz CT molecular complexity index is 836. The number of ether oxygens (including phenoxy) is 3. The maximum Gasteiger partial charge on any atom is 0.338 e. The summed E-state index contributed by atoms with van der Waals surface area (Å²) in [6.07, 6.45) is 5.73. The van der Waals surface area contributed by atoms with Crippen molar-refractivity contribution < 1.29 is 23.8 Å². The van der Waals surface area contributed by atoms with Crippen molar-refractivity contribution in [3.63, 3.8) is 0 Å². The van der Waals surface area contributed by atoms with Crippen molar-refractivity contribution in [2.75, 3.05) is 19.5 Å². The normalized spacial score (nSPS) is 11.6. The summed E-state index contributed by atoms with van der Waals surface area (Å²) in [6.45, 7) is 0.234. The van der Waals surface area contributed by atoms with Gasteiger partial charge >= 0.3 is 11.9 Å². The number of unbranched alkanes of at least 4 members (excludes halogenated alkanes) is 3. The van der Waals surface area contributed by atoms with Crippen LogP contribution in [0.1, 0.15) is 53.6 Å². The molecule has 0 bridgehead atoms. The first-order valence-electron chi connectivity index (χ1n) is 10.6. The number of halogens is 1. The zero-order chi connectivity index (χ0) is 22.5. The van der Waals surface area contributed by atoms with Gasteiger partial charge in [-0.25, -0.2) is 4.79 Å². The first-order chi connectivity index (χ1) is 15.1. The number of hydrogen-bond donors (Lipinski definition) is 0. The van der Waals surface area contributed by atoms with Gasteiger partial charge in [0.2, 0.25) is 0 Å². The Labute approximate surface area is 193 Å². The maximum absolute atomic E-state index is 12.4. The van der Waals surface area contributed by atoms with Crippen molar-refractivity contribution >= 4 is 27.9 Å². The summed E-state index contributed by atoms with van der Waals surface area (Å²) in [5.74, 6) is -0.0825. The topological polar surface area (TPSA) is 61.8 Å². The molecular weight excluding hydrogens is 460 g/mol. The van der Waals surface area contributed by atoms with Gasteiger partial charge in [0, 0.05) is 10.9 Å². The SMILES string of the molecule is COC(=O)c1ccccc1COc1ccccc1CC(CCCCCCBr)C(=O)OC. The Balaban J connectivity index is 2.08. The van der Waals surface area contributed by atoms with Crippen molar-refractivity contribution in [3.8, 4) is 5.75 Å². The van der Waals surface area contributed by atoms with E-state index >= 15 is 0 Å². The van der Waals surface area contributed by atoms with E-state index in [4.69, 9.17) is 14.2 Å². The van der Waals surface area contributed by atoms with Crippen LogP contribution in [0.4, 0.5) is 0 Å². The Kier molecular flexibility index (Phi) is 11.1. The molecule has 0 aliphatic heterocycles. The number of para-hydroxylation sites is 1. The Morgan fingerprint density at radius 2 is 1.55 bits per heavy atom. The summed E-state index contributed by atoms with van der Waals surface area (Å²) in [7, 11) is 2.80. The van der Waals surface area contributed by atoms with Crippen molar-refractivity contribution in [2.24, 2.45) is 5.92 Å². The van der Waals surface area contributed by atoms with E-state index in [9.17, 15) is 9.59 Å². The zero-order valence-electron chi connectivity index (χ0n) is 18.3. The molecule has 2 aromatic carbocycles. The number of esters is 2. The number of rotatable bonds is 13. The molecule has 1 unspecified atom stereocenters. The van der Waals surface area contributed by atoms with Crippen LogP contribution < -0.4 is 4.74 Å². The highest BCUT2D eigenvalue weighted by Crippen LogP contribution is 2.26. The molecule has 0 amide bonds. The van der Waals surface area contributed by atoms with E-state index in [2.05, 4.69) is 15.9 Å². The van der Waals surface area contributed by atoms with E-state index in [1.807, 2.05) is 36.4 Å². The van der Waals surface area contributed by atoms with Crippen molar-refractivity contribution in [3.05, 3.63) is 65.2 Å². The fraction of sp³-hybridized carbons (Fsp3) is 0.440. The van der Waals surface area contributed by atoms with E-state index in [0.29, 0.717) is 17.7 Å². The molecule has 0 saturated carbocycles. The molecule has 0 N–H and O–H groups in total. The number of methoxy groups -OCH3 is 2. The Morgan fingerprint density at radius 1 is 0.871 bits per heavy atom. The molecular formula is C25H31BrO5. The van der Waals surface area contributed by atoms with Crippen LogP contribution in [-0.2, 0) is 27.3 Å². The third-order valence-electron chi connectivity index (χ3n) is 5.22. The standard InChI is InChI=1S/C25H31BrO5/c1-29-24(27)20(12-5-3-4-10-16-26)17-19-11-7-9-15-23(19)31-18-21-13-6-8-14-22(21)25(28)30-2/h6-9,11,13-15,20H,3-5,10,12,16-18H2,1-2H3. The summed E-state index contributed by atoms with van der Waals surface area (Å²) < 4.78 is 16.0. The van der Waals surface area contributed by atoms with Crippen LogP contribution in [0, 0.1) is 5.92 Å². The highest BCUT2D eigenvalue weighted by molar-refractivity contribution is 9.09.